The average molecular weight is 382 g/mol. The fourth-order valence-electron chi connectivity index (χ4n) is 2.24. The van der Waals surface area contributed by atoms with Crippen LogP contribution >= 0.6 is 0 Å². The molecule has 0 unspecified atom stereocenters. The van der Waals surface area contributed by atoms with E-state index in [1.807, 2.05) is 0 Å². The van der Waals surface area contributed by atoms with Crippen LogP contribution in [0.4, 0.5) is 11.4 Å². The molecule has 10 heteroatoms. The van der Waals surface area contributed by atoms with E-state index in [-0.39, 0.29) is 52.4 Å². The average Bonchev–Trinajstić information content (AvgIpc) is 2.55. The zero-order valence-corrected chi connectivity index (χ0v) is 16.3. The van der Waals surface area contributed by atoms with Gasteiger partial charge in [-0.1, -0.05) is 23.9 Å². The molecule has 0 aliphatic carbocycles. The van der Waals surface area contributed by atoms with Gasteiger partial charge in [0.25, 0.3) is 10.1 Å². The zero-order valence-electron chi connectivity index (χ0n) is 13.5. The molecule has 0 atom stereocenters. The minimum Gasteiger partial charge on any atom is -0.871 e. The Bertz CT molecular complexity index is 1120. The number of hydrogen-bond donors (Lipinski definition) is 3. The van der Waals surface area contributed by atoms with Gasteiger partial charge in [0, 0.05) is 10.8 Å². The van der Waals surface area contributed by atoms with Crippen molar-refractivity contribution in [2.24, 2.45) is 10.2 Å². The largest absolute Gasteiger partial charge is 1.00 e. The third-order valence-corrected chi connectivity index (χ3v) is 4.33. The molecule has 0 aliphatic heterocycles. The Morgan fingerprint density at radius 2 is 1.58 bits per heavy atom. The molecule has 3 aromatic rings. The number of fused-ring (bicyclic) bond motifs is 1. The van der Waals surface area contributed by atoms with E-state index in [9.17, 15) is 23.7 Å². The van der Waals surface area contributed by atoms with Crippen molar-refractivity contribution in [3.8, 4) is 17.2 Å². The standard InChI is InChI=1S/C16H12N2O6S.Na/c19-14-3-1-2-11-10(14)5-6-12(16(11)21)17-18-13-8-9(25(22,23)24)4-7-15(13)20;/h1-8,19-21H,(H,22,23,24);/q;+1/p-1. The number of phenols is 2. The predicted molar refractivity (Wildman–Crippen MR) is 87.2 cm³/mol. The molecule has 0 bridgehead atoms. The Kier molecular flexibility index (Phi) is 5.89. The molecule has 3 N–H and O–H groups in total. The second-order valence-corrected chi connectivity index (χ2v) is 6.53. The van der Waals surface area contributed by atoms with E-state index in [1.54, 1.807) is 12.1 Å². The van der Waals surface area contributed by atoms with E-state index in [0.29, 0.717) is 10.8 Å². The van der Waals surface area contributed by atoms with E-state index < -0.39 is 20.8 Å². The van der Waals surface area contributed by atoms with E-state index >= 15 is 0 Å². The van der Waals surface area contributed by atoms with Gasteiger partial charge in [-0.25, -0.2) is 0 Å². The second kappa shape index (κ2) is 7.60. The Hall–Kier alpha value is -2.17. The van der Waals surface area contributed by atoms with Crippen molar-refractivity contribution in [3.63, 3.8) is 0 Å². The summed E-state index contributed by atoms with van der Waals surface area (Å²) >= 11 is 0. The van der Waals surface area contributed by atoms with Crippen molar-refractivity contribution in [1.82, 2.24) is 0 Å². The molecular formula is C16H11N2NaO6S. The van der Waals surface area contributed by atoms with Crippen LogP contribution < -0.4 is 34.7 Å². The molecule has 3 aromatic carbocycles. The van der Waals surface area contributed by atoms with Crippen LogP contribution in [0, 0.1) is 0 Å². The first-order chi connectivity index (χ1) is 11.8. The number of aromatic hydroxyl groups is 2. The van der Waals surface area contributed by atoms with Crippen molar-refractivity contribution in [2.45, 2.75) is 4.90 Å². The molecule has 0 saturated heterocycles. The van der Waals surface area contributed by atoms with Crippen molar-refractivity contribution in [1.29, 1.82) is 0 Å². The van der Waals surface area contributed by atoms with Crippen LogP contribution in [0.2, 0.25) is 0 Å². The quantitative estimate of drug-likeness (QED) is 0.330. The van der Waals surface area contributed by atoms with Crippen LogP contribution in [0.3, 0.4) is 0 Å². The summed E-state index contributed by atoms with van der Waals surface area (Å²) < 4.78 is 31.3. The molecule has 0 radical (unpaired) electrons. The molecule has 0 fully saturated rings. The molecule has 0 amide bonds. The van der Waals surface area contributed by atoms with Gasteiger partial charge < -0.3 is 15.3 Å². The fraction of sp³-hybridized carbons (Fsp3) is 0. The molecule has 128 valence electrons. The third kappa shape index (κ3) is 3.97. The minimum atomic E-state index is -4.48. The smallest absolute Gasteiger partial charge is 0.871 e. The molecular weight excluding hydrogens is 371 g/mol. The molecule has 0 aliphatic rings. The van der Waals surface area contributed by atoms with E-state index in [0.717, 1.165) is 18.2 Å². The Labute approximate surface area is 170 Å². The molecule has 3 rings (SSSR count). The van der Waals surface area contributed by atoms with Crippen LogP contribution in [0.5, 0.6) is 17.2 Å². The maximum Gasteiger partial charge on any atom is 1.00 e. The normalized spacial score (nSPS) is 11.6. The number of nitrogens with zero attached hydrogens (tertiary/aromatic N) is 2. The third-order valence-electron chi connectivity index (χ3n) is 3.48. The first-order valence-corrected chi connectivity index (χ1v) is 8.35. The summed E-state index contributed by atoms with van der Waals surface area (Å²) in [6, 6.07) is 10.3. The summed E-state index contributed by atoms with van der Waals surface area (Å²) in [6.45, 7) is 0. The monoisotopic (exact) mass is 382 g/mol. The van der Waals surface area contributed by atoms with Crippen LogP contribution in [0.1, 0.15) is 0 Å². The predicted octanol–water partition coefficient (Wildman–Crippen LogP) is -0.00930. The minimum absolute atomic E-state index is 0. The van der Waals surface area contributed by atoms with Gasteiger partial charge in [-0.2, -0.15) is 13.5 Å². The number of phenolic OH excluding ortho intramolecular Hbond substituents is 2. The van der Waals surface area contributed by atoms with Crippen molar-refractivity contribution in [3.05, 3.63) is 48.5 Å². The maximum absolute atomic E-state index is 11.7. The SMILES string of the molecule is O=S(=O)(O)c1ccc([O-])c(N=Nc2ccc3c(O)cccc3c2O)c1.[Na+]. The number of hydrogen-bond acceptors (Lipinski definition) is 7. The van der Waals surface area contributed by atoms with Gasteiger partial charge in [0.1, 0.15) is 11.4 Å². The molecule has 0 aromatic heterocycles. The van der Waals surface area contributed by atoms with Crippen LogP contribution in [0.15, 0.2) is 63.7 Å². The first-order valence-electron chi connectivity index (χ1n) is 6.91. The van der Waals surface area contributed by atoms with Crippen LogP contribution in [-0.2, 0) is 10.1 Å². The van der Waals surface area contributed by atoms with Crippen LogP contribution in [0.25, 0.3) is 10.8 Å². The molecule has 0 spiro atoms. The Morgan fingerprint density at radius 3 is 2.27 bits per heavy atom. The van der Waals surface area contributed by atoms with Crippen molar-refractivity contribution >= 4 is 32.3 Å². The van der Waals surface area contributed by atoms with E-state index in [1.165, 1.54) is 18.2 Å². The van der Waals surface area contributed by atoms with Gasteiger partial charge >= 0.3 is 29.6 Å². The van der Waals surface area contributed by atoms with Gasteiger partial charge in [-0.05, 0) is 30.3 Å². The first kappa shape index (κ1) is 20.1. The Balaban J connectivity index is 0.00000243. The summed E-state index contributed by atoms with van der Waals surface area (Å²) in [5.41, 5.74) is -0.291. The summed E-state index contributed by atoms with van der Waals surface area (Å²) in [6.07, 6.45) is 0. The molecule has 0 heterocycles. The fourth-order valence-corrected chi connectivity index (χ4v) is 2.74. The molecule has 26 heavy (non-hydrogen) atoms. The molecule has 8 nitrogen and oxygen atoms in total. The number of azo groups is 1. The summed E-state index contributed by atoms with van der Waals surface area (Å²) in [5.74, 6) is -0.872. The van der Waals surface area contributed by atoms with Gasteiger partial charge in [0.2, 0.25) is 0 Å². The Morgan fingerprint density at radius 1 is 0.885 bits per heavy atom. The number of rotatable bonds is 3. The van der Waals surface area contributed by atoms with Gasteiger partial charge in [0.05, 0.1) is 10.6 Å². The van der Waals surface area contributed by atoms with E-state index in [2.05, 4.69) is 10.2 Å². The van der Waals surface area contributed by atoms with Gasteiger partial charge in [-0.3, -0.25) is 4.55 Å². The topological polar surface area (TPSA) is 143 Å². The maximum atomic E-state index is 11.7. The van der Waals surface area contributed by atoms with E-state index in [4.69, 9.17) is 4.55 Å². The molecule has 0 saturated carbocycles. The van der Waals surface area contributed by atoms with Crippen LogP contribution in [-0.4, -0.2) is 23.2 Å². The van der Waals surface area contributed by atoms with Crippen molar-refractivity contribution in [2.75, 3.05) is 0 Å². The summed E-state index contributed by atoms with van der Waals surface area (Å²) in [5, 5.41) is 39.9. The summed E-state index contributed by atoms with van der Waals surface area (Å²) in [4.78, 5) is -0.492. The number of benzene rings is 3. The van der Waals surface area contributed by atoms with Gasteiger partial charge in [-0.15, -0.1) is 5.11 Å². The second-order valence-electron chi connectivity index (χ2n) is 5.11. The van der Waals surface area contributed by atoms with Crippen molar-refractivity contribution < 1.29 is 57.8 Å². The summed E-state index contributed by atoms with van der Waals surface area (Å²) in [7, 11) is -4.48. The zero-order chi connectivity index (χ0) is 18.2. The van der Waals surface area contributed by atoms with Gasteiger partial charge in [0.15, 0.2) is 5.75 Å².